The number of hydrazine groups is 1. The van der Waals surface area contributed by atoms with Crippen molar-refractivity contribution in [1.29, 1.82) is 0 Å². The molecule has 0 radical (unpaired) electrons. The molecule has 0 heterocycles. The molecule has 3 N–H and O–H groups in total. The standard InChI is InChI=1S/C14H22BrN3O/c1-4-10(2)8-18(3)9-12-6-5-11(7-13(12)15)14(19)17-16/h5-7,10H,4,8-9,16H2,1-3H3,(H,17,19). The van der Waals surface area contributed by atoms with Crippen LogP contribution in [0.5, 0.6) is 0 Å². The Bertz CT molecular complexity index is 437. The lowest BCUT2D eigenvalue weighted by molar-refractivity contribution is 0.0953. The highest BCUT2D eigenvalue weighted by Crippen LogP contribution is 2.20. The Morgan fingerprint density at radius 3 is 2.74 bits per heavy atom. The van der Waals surface area contributed by atoms with E-state index in [4.69, 9.17) is 5.84 Å². The SMILES string of the molecule is CCC(C)CN(C)Cc1ccc(C(=O)NN)cc1Br. The third kappa shape index (κ3) is 4.93. The van der Waals surface area contributed by atoms with Gasteiger partial charge in [0.2, 0.25) is 0 Å². The molecule has 0 spiro atoms. The molecule has 4 nitrogen and oxygen atoms in total. The zero-order valence-corrected chi connectivity index (χ0v) is 13.3. The van der Waals surface area contributed by atoms with E-state index in [1.54, 1.807) is 12.1 Å². The van der Waals surface area contributed by atoms with Gasteiger partial charge in [-0.25, -0.2) is 5.84 Å². The molecule has 0 saturated heterocycles. The third-order valence-electron chi connectivity index (χ3n) is 3.21. The second-order valence-corrected chi connectivity index (χ2v) is 5.84. The number of nitrogens with two attached hydrogens (primary N) is 1. The monoisotopic (exact) mass is 327 g/mol. The summed E-state index contributed by atoms with van der Waals surface area (Å²) in [6.07, 6.45) is 1.18. The highest BCUT2D eigenvalue weighted by atomic mass is 79.9. The van der Waals surface area contributed by atoms with Crippen molar-refractivity contribution in [1.82, 2.24) is 10.3 Å². The molecule has 1 aromatic rings. The van der Waals surface area contributed by atoms with Gasteiger partial charge >= 0.3 is 0 Å². The molecule has 1 rings (SSSR count). The number of carbonyl (C=O) groups is 1. The maximum absolute atomic E-state index is 11.4. The number of nitrogens with zero attached hydrogens (tertiary/aromatic N) is 1. The molecule has 0 fully saturated rings. The summed E-state index contributed by atoms with van der Waals surface area (Å²) in [6, 6.07) is 5.55. The minimum Gasteiger partial charge on any atom is -0.302 e. The van der Waals surface area contributed by atoms with E-state index in [1.165, 1.54) is 12.0 Å². The van der Waals surface area contributed by atoms with Crippen LogP contribution in [0.4, 0.5) is 0 Å². The fraction of sp³-hybridized carbons (Fsp3) is 0.500. The first-order valence-corrected chi connectivity index (χ1v) is 7.25. The van der Waals surface area contributed by atoms with Crippen LogP contribution in [0.3, 0.4) is 0 Å². The van der Waals surface area contributed by atoms with E-state index in [9.17, 15) is 4.79 Å². The molecule has 0 aliphatic carbocycles. The van der Waals surface area contributed by atoms with Crippen molar-refractivity contribution in [2.45, 2.75) is 26.8 Å². The number of nitrogen functional groups attached to an aromatic ring is 1. The van der Waals surface area contributed by atoms with Crippen LogP contribution >= 0.6 is 15.9 Å². The van der Waals surface area contributed by atoms with Crippen molar-refractivity contribution in [3.63, 3.8) is 0 Å². The number of hydrogen-bond donors (Lipinski definition) is 2. The number of hydrogen-bond acceptors (Lipinski definition) is 3. The largest absolute Gasteiger partial charge is 0.302 e. The normalized spacial score (nSPS) is 12.5. The van der Waals surface area contributed by atoms with E-state index in [1.807, 2.05) is 6.07 Å². The van der Waals surface area contributed by atoms with Crippen LogP contribution in [0.1, 0.15) is 36.2 Å². The van der Waals surface area contributed by atoms with Gasteiger partial charge in [0.05, 0.1) is 0 Å². The van der Waals surface area contributed by atoms with Crippen LogP contribution in [0.2, 0.25) is 0 Å². The van der Waals surface area contributed by atoms with Crippen LogP contribution in [0.25, 0.3) is 0 Å². The Morgan fingerprint density at radius 1 is 1.53 bits per heavy atom. The second kappa shape index (κ2) is 7.62. The average Bonchev–Trinajstić information content (AvgIpc) is 2.39. The fourth-order valence-corrected chi connectivity index (χ4v) is 2.42. The minimum atomic E-state index is -0.278. The van der Waals surface area contributed by atoms with Gasteiger partial charge < -0.3 is 4.90 Å². The van der Waals surface area contributed by atoms with Crippen molar-refractivity contribution in [3.8, 4) is 0 Å². The third-order valence-corrected chi connectivity index (χ3v) is 3.95. The van der Waals surface area contributed by atoms with Gasteiger partial charge in [0, 0.05) is 23.1 Å². The summed E-state index contributed by atoms with van der Waals surface area (Å²) in [5.41, 5.74) is 3.86. The quantitative estimate of drug-likeness (QED) is 0.479. The molecule has 106 valence electrons. The Balaban J connectivity index is 2.72. The number of benzene rings is 1. The molecular formula is C14H22BrN3O. The fourth-order valence-electron chi connectivity index (χ4n) is 1.92. The van der Waals surface area contributed by atoms with Gasteiger partial charge in [-0.05, 0) is 30.7 Å². The van der Waals surface area contributed by atoms with Gasteiger partial charge in [-0.3, -0.25) is 10.2 Å². The molecule has 0 aromatic heterocycles. The summed E-state index contributed by atoms with van der Waals surface area (Å²) >= 11 is 3.51. The number of carbonyl (C=O) groups excluding carboxylic acids is 1. The molecule has 1 atom stereocenters. The highest BCUT2D eigenvalue weighted by molar-refractivity contribution is 9.10. The van der Waals surface area contributed by atoms with E-state index >= 15 is 0 Å². The zero-order valence-electron chi connectivity index (χ0n) is 11.7. The molecule has 0 aliphatic heterocycles. The lowest BCUT2D eigenvalue weighted by Gasteiger charge is -2.21. The van der Waals surface area contributed by atoms with E-state index in [0.717, 1.165) is 17.6 Å². The van der Waals surface area contributed by atoms with Crippen molar-refractivity contribution >= 4 is 21.8 Å². The van der Waals surface area contributed by atoms with Crippen LogP contribution < -0.4 is 11.3 Å². The molecule has 0 aliphatic rings. The second-order valence-electron chi connectivity index (χ2n) is 4.99. The van der Waals surface area contributed by atoms with Crippen LogP contribution in [0, 0.1) is 5.92 Å². The molecule has 19 heavy (non-hydrogen) atoms. The first-order valence-electron chi connectivity index (χ1n) is 6.45. The van der Waals surface area contributed by atoms with Gasteiger partial charge in [0.1, 0.15) is 0 Å². The van der Waals surface area contributed by atoms with Gasteiger partial charge in [0.15, 0.2) is 0 Å². The first-order chi connectivity index (χ1) is 8.97. The topological polar surface area (TPSA) is 58.4 Å². The lowest BCUT2D eigenvalue weighted by atomic mass is 10.1. The van der Waals surface area contributed by atoms with Crippen molar-refractivity contribution in [2.75, 3.05) is 13.6 Å². The molecule has 0 bridgehead atoms. The highest BCUT2D eigenvalue weighted by Gasteiger charge is 2.10. The van der Waals surface area contributed by atoms with Crippen molar-refractivity contribution in [3.05, 3.63) is 33.8 Å². The number of rotatable bonds is 6. The minimum absolute atomic E-state index is 0.278. The summed E-state index contributed by atoms with van der Waals surface area (Å²) in [5.74, 6) is 5.53. The Labute approximate surface area is 123 Å². The molecular weight excluding hydrogens is 306 g/mol. The average molecular weight is 328 g/mol. The summed E-state index contributed by atoms with van der Waals surface area (Å²) in [5, 5.41) is 0. The smallest absolute Gasteiger partial charge is 0.265 e. The van der Waals surface area contributed by atoms with Crippen LogP contribution in [0.15, 0.2) is 22.7 Å². The van der Waals surface area contributed by atoms with E-state index < -0.39 is 0 Å². The Kier molecular flexibility index (Phi) is 6.48. The summed E-state index contributed by atoms with van der Waals surface area (Å²) < 4.78 is 0.935. The van der Waals surface area contributed by atoms with E-state index in [0.29, 0.717) is 11.5 Å². The number of amides is 1. The molecule has 1 amide bonds. The first kappa shape index (κ1) is 16.1. The van der Waals surface area contributed by atoms with Crippen molar-refractivity contribution in [2.24, 2.45) is 11.8 Å². The summed E-state index contributed by atoms with van der Waals surface area (Å²) in [6.45, 7) is 6.37. The predicted molar refractivity (Wildman–Crippen MR) is 81.6 cm³/mol. The summed E-state index contributed by atoms with van der Waals surface area (Å²) in [7, 11) is 2.11. The van der Waals surface area contributed by atoms with Crippen LogP contribution in [-0.2, 0) is 6.54 Å². The maximum Gasteiger partial charge on any atom is 0.265 e. The van der Waals surface area contributed by atoms with Crippen molar-refractivity contribution < 1.29 is 4.79 Å². The molecule has 1 aromatic carbocycles. The van der Waals surface area contributed by atoms with Gasteiger partial charge in [-0.1, -0.05) is 42.3 Å². The van der Waals surface area contributed by atoms with Gasteiger partial charge in [0.25, 0.3) is 5.91 Å². The van der Waals surface area contributed by atoms with Gasteiger partial charge in [-0.2, -0.15) is 0 Å². The lowest BCUT2D eigenvalue weighted by Crippen LogP contribution is -2.30. The zero-order chi connectivity index (χ0) is 14.4. The molecule has 0 saturated carbocycles. The Hall–Kier alpha value is -0.910. The van der Waals surface area contributed by atoms with Gasteiger partial charge in [-0.15, -0.1) is 0 Å². The summed E-state index contributed by atoms with van der Waals surface area (Å²) in [4.78, 5) is 13.7. The predicted octanol–water partition coefficient (Wildman–Crippen LogP) is 2.53. The molecule has 1 unspecified atom stereocenters. The number of halogens is 1. The molecule has 5 heteroatoms. The number of nitrogens with one attached hydrogen (secondary N) is 1. The Morgan fingerprint density at radius 2 is 2.21 bits per heavy atom. The van der Waals surface area contributed by atoms with Crippen LogP contribution in [-0.4, -0.2) is 24.4 Å². The van der Waals surface area contributed by atoms with E-state index in [-0.39, 0.29) is 5.91 Å². The maximum atomic E-state index is 11.4. The van der Waals surface area contributed by atoms with E-state index in [2.05, 4.69) is 47.2 Å².